The van der Waals surface area contributed by atoms with Crippen LogP contribution in [0.2, 0.25) is 0 Å². The van der Waals surface area contributed by atoms with E-state index in [-0.39, 0.29) is 36.9 Å². The summed E-state index contributed by atoms with van der Waals surface area (Å²) >= 11 is 0. The number of carbonyl (C=O) groups excluding carboxylic acids is 5. The Morgan fingerprint density at radius 1 is 0.795 bits per heavy atom. The third-order valence-electron chi connectivity index (χ3n) is 16.6. The van der Waals surface area contributed by atoms with Crippen molar-refractivity contribution in [3.63, 3.8) is 0 Å². The van der Waals surface area contributed by atoms with Gasteiger partial charge in [-0.05, 0) is 108 Å². The number of fused-ring (bicyclic) bond motifs is 6. The van der Waals surface area contributed by atoms with Gasteiger partial charge in [-0.2, -0.15) is 0 Å². The average molecular weight is 1010 g/mol. The first-order valence-corrected chi connectivity index (χ1v) is 25.5. The summed E-state index contributed by atoms with van der Waals surface area (Å²) in [5.74, 6) is -3.86. The van der Waals surface area contributed by atoms with Crippen molar-refractivity contribution in [3.05, 3.63) is 118 Å². The zero-order valence-electron chi connectivity index (χ0n) is 44.2. The molecule has 73 heavy (non-hydrogen) atoms. The third kappa shape index (κ3) is 9.76. The quantitative estimate of drug-likeness (QED) is 0.0756. The summed E-state index contributed by atoms with van der Waals surface area (Å²) < 4.78 is 42.1. The minimum Gasteiger partial charge on any atom is -0.459 e. The molecule has 2 aromatic rings. The third-order valence-corrected chi connectivity index (χ3v) is 16.6. The van der Waals surface area contributed by atoms with Crippen LogP contribution in [-0.2, 0) is 70.3 Å². The zero-order valence-corrected chi connectivity index (χ0v) is 44.2. The second-order valence-corrected chi connectivity index (χ2v) is 21.8. The first kappa shape index (κ1) is 55.3. The maximum absolute atomic E-state index is 13.2. The molecule has 0 spiro atoms. The summed E-state index contributed by atoms with van der Waals surface area (Å²) in [6.07, 6.45) is -2.28. The van der Waals surface area contributed by atoms with E-state index in [2.05, 4.69) is 20.4 Å². The molecule has 4 fully saturated rings. The van der Waals surface area contributed by atoms with Gasteiger partial charge in [0, 0.05) is 31.3 Å². The van der Waals surface area contributed by atoms with E-state index in [0.717, 1.165) is 42.0 Å². The highest BCUT2D eigenvalue weighted by Crippen LogP contribution is 2.59. The Kier molecular flexibility index (Phi) is 15.9. The minimum absolute atomic E-state index is 0.0119. The lowest BCUT2D eigenvalue weighted by atomic mass is 9.69. The Morgan fingerprint density at radius 3 is 1.92 bits per heavy atom. The van der Waals surface area contributed by atoms with E-state index in [1.807, 2.05) is 67.6 Å². The average Bonchev–Trinajstić information content (AvgIpc) is 3.88. The van der Waals surface area contributed by atoms with Crippen molar-refractivity contribution >= 4 is 29.8 Å². The first-order chi connectivity index (χ1) is 34.3. The van der Waals surface area contributed by atoms with E-state index in [4.69, 9.17) is 33.2 Å². The van der Waals surface area contributed by atoms with Gasteiger partial charge in [-0.1, -0.05) is 105 Å². The number of hydrogen-bond acceptors (Lipinski definition) is 15. The molecule has 396 valence electrons. The minimum atomic E-state index is -2.46. The Bertz CT molecular complexity index is 2560. The number of rotatable bonds is 13. The highest BCUT2D eigenvalue weighted by molar-refractivity contribution is 5.88. The van der Waals surface area contributed by atoms with Gasteiger partial charge in [0.2, 0.25) is 0 Å². The van der Waals surface area contributed by atoms with E-state index >= 15 is 0 Å². The van der Waals surface area contributed by atoms with Crippen LogP contribution in [0.4, 0.5) is 0 Å². The van der Waals surface area contributed by atoms with E-state index in [1.54, 1.807) is 47.6 Å². The SMILES string of the molecule is C/C=C(/C)C(=O)O[C@H]1C(C)=C2[C@H]([C@@H]1OC(=O)CCCC)[C@@](C)(OC(C)=O)C[C@@H](OCc1ccccc1)[C@@]1(O)[C@H]2OC(=O)[C@@]1(C)O.C=C1C[C@H](OCc2ccccc2)[C@]2(O)[C@H](OC(=O)C2(C)C)C2=C(C)[C@H](C)C[C@H]12. The number of aliphatic hydroxyl groups is 3. The maximum Gasteiger partial charge on any atom is 0.341 e. The number of carbonyl (C=O) groups is 5. The van der Waals surface area contributed by atoms with Crippen molar-refractivity contribution in [2.45, 2.75) is 187 Å². The maximum atomic E-state index is 13.2. The topological polar surface area (TPSA) is 211 Å². The largest absolute Gasteiger partial charge is 0.459 e. The fourth-order valence-corrected chi connectivity index (χ4v) is 11.9. The number of esters is 5. The van der Waals surface area contributed by atoms with Crippen LogP contribution in [0.15, 0.2) is 107 Å². The molecule has 2 aromatic carbocycles. The lowest BCUT2D eigenvalue weighted by Crippen LogP contribution is -2.64. The molecule has 15 heteroatoms. The molecule has 15 nitrogen and oxygen atoms in total. The second-order valence-electron chi connectivity index (χ2n) is 21.8. The van der Waals surface area contributed by atoms with Crippen LogP contribution >= 0.6 is 0 Å². The summed E-state index contributed by atoms with van der Waals surface area (Å²) in [6, 6.07) is 19.0. The predicted molar refractivity (Wildman–Crippen MR) is 268 cm³/mol. The fourth-order valence-electron chi connectivity index (χ4n) is 11.9. The Balaban J connectivity index is 0.000000237. The van der Waals surface area contributed by atoms with Crippen molar-refractivity contribution in [2.24, 2.45) is 23.2 Å². The van der Waals surface area contributed by atoms with Crippen LogP contribution in [0.1, 0.15) is 126 Å². The molecule has 2 saturated heterocycles. The standard InChI is InChI=1S/C34H44O11.C24H30O4/c1-8-10-16-24(36)42-28-26-25(20(4)27(28)43-30(37)19(3)9-2)29-34(40,33(7,39)31(38)44-29)23(17-32(26,6)45-21(5)35)41-18-22-14-12-11-13-15-22;1-14-11-18-15(2)12-19(27-13-17-9-7-6-8-10-17)24(26)21(20(18)16(14)3)28-22(25)23(24,4)5/h9,11-15,23,26-29,39-40H,8,10,16-18H2,1-7H3;6-10,14,18-19,21,26H,2,11-13H2,1,3-5H3/b19-9-;/t23-,26-,27+,28+,29+,32+,33-,34-;14-,18-,19+,21-,24+/m11/s1. The Labute approximate surface area is 428 Å². The van der Waals surface area contributed by atoms with E-state index in [9.17, 15) is 39.3 Å². The van der Waals surface area contributed by atoms with Gasteiger partial charge in [-0.25, -0.2) is 9.59 Å². The molecule has 0 unspecified atom stereocenters. The molecule has 0 bridgehead atoms. The lowest BCUT2D eigenvalue weighted by Gasteiger charge is -2.42. The van der Waals surface area contributed by atoms with Gasteiger partial charge >= 0.3 is 29.8 Å². The zero-order chi connectivity index (χ0) is 53.6. The summed E-state index contributed by atoms with van der Waals surface area (Å²) in [5, 5.41) is 36.1. The molecule has 8 rings (SSSR count). The number of hydrogen-bond donors (Lipinski definition) is 3. The molecular formula is C58H74O15. The highest BCUT2D eigenvalue weighted by Gasteiger charge is 2.76. The number of benzene rings is 2. The summed E-state index contributed by atoms with van der Waals surface area (Å²) in [4.78, 5) is 64.9. The predicted octanol–water partition coefficient (Wildman–Crippen LogP) is 7.82. The van der Waals surface area contributed by atoms with E-state index in [1.165, 1.54) is 12.5 Å². The van der Waals surface area contributed by atoms with Crippen LogP contribution in [0.25, 0.3) is 0 Å². The molecule has 2 saturated carbocycles. The van der Waals surface area contributed by atoms with Crippen molar-refractivity contribution in [1.29, 1.82) is 0 Å². The fraction of sp³-hybridized carbons (Fsp3) is 0.569. The molecule has 0 amide bonds. The van der Waals surface area contributed by atoms with Gasteiger partial charge in [0.15, 0.2) is 35.6 Å². The van der Waals surface area contributed by atoms with Crippen LogP contribution < -0.4 is 0 Å². The first-order valence-electron chi connectivity index (χ1n) is 25.5. The molecule has 2 heterocycles. The molecule has 4 aliphatic carbocycles. The molecule has 2 aliphatic heterocycles. The normalized spacial score (nSPS) is 35.3. The van der Waals surface area contributed by atoms with Crippen molar-refractivity contribution < 1.29 is 72.5 Å². The monoisotopic (exact) mass is 1010 g/mol. The van der Waals surface area contributed by atoms with Crippen LogP contribution in [0.3, 0.4) is 0 Å². The van der Waals surface area contributed by atoms with Crippen LogP contribution in [0.5, 0.6) is 0 Å². The van der Waals surface area contributed by atoms with Crippen LogP contribution in [0, 0.1) is 23.2 Å². The Hall–Kier alpha value is -5.45. The summed E-state index contributed by atoms with van der Waals surface area (Å²) in [5.41, 5.74) is -2.93. The van der Waals surface area contributed by atoms with Crippen molar-refractivity contribution in [3.8, 4) is 0 Å². The molecular weight excluding hydrogens is 937 g/mol. The van der Waals surface area contributed by atoms with E-state index in [0.29, 0.717) is 36.5 Å². The molecule has 0 radical (unpaired) electrons. The van der Waals surface area contributed by atoms with Gasteiger partial charge in [0.1, 0.15) is 11.2 Å². The molecule has 13 atom stereocenters. The van der Waals surface area contributed by atoms with Gasteiger partial charge < -0.3 is 48.5 Å². The summed E-state index contributed by atoms with van der Waals surface area (Å²) in [7, 11) is 0. The van der Waals surface area contributed by atoms with Gasteiger partial charge in [0.05, 0.1) is 36.8 Å². The van der Waals surface area contributed by atoms with Crippen molar-refractivity contribution in [2.75, 3.05) is 0 Å². The van der Waals surface area contributed by atoms with Crippen LogP contribution in [-0.4, -0.2) is 104 Å². The highest BCUT2D eigenvalue weighted by atomic mass is 16.6. The van der Waals surface area contributed by atoms with Gasteiger partial charge in [0.25, 0.3) is 0 Å². The molecule has 3 N–H and O–H groups in total. The smallest absolute Gasteiger partial charge is 0.341 e. The number of allylic oxidation sites excluding steroid dienone is 2. The van der Waals surface area contributed by atoms with Crippen molar-refractivity contribution in [1.82, 2.24) is 0 Å². The lowest BCUT2D eigenvalue weighted by molar-refractivity contribution is -0.213. The van der Waals surface area contributed by atoms with Gasteiger partial charge in [-0.15, -0.1) is 0 Å². The van der Waals surface area contributed by atoms with E-state index < -0.39 is 94.2 Å². The second kappa shape index (κ2) is 21.1. The number of ether oxygens (including phenoxy) is 7. The number of unbranched alkanes of at least 4 members (excludes halogenated alkanes) is 1. The molecule has 0 aromatic heterocycles. The summed E-state index contributed by atoms with van der Waals surface area (Å²) in [6.45, 7) is 23.3. The molecule has 6 aliphatic rings. The Morgan fingerprint density at radius 2 is 1.36 bits per heavy atom. The van der Waals surface area contributed by atoms with Gasteiger partial charge in [-0.3, -0.25) is 14.4 Å².